The molecular formula is C18H24BrClN2O3. The lowest BCUT2D eigenvalue weighted by atomic mass is 10.00. The van der Waals surface area contributed by atoms with Crippen molar-refractivity contribution < 1.29 is 14.3 Å². The average molecular weight is 432 g/mol. The first-order valence-electron chi connectivity index (χ1n) is 8.21. The van der Waals surface area contributed by atoms with E-state index in [-0.39, 0.29) is 24.1 Å². The molecule has 0 radical (unpaired) electrons. The summed E-state index contributed by atoms with van der Waals surface area (Å²) in [6.45, 7) is 9.80. The van der Waals surface area contributed by atoms with Crippen molar-refractivity contribution in [2.24, 2.45) is 0 Å². The van der Waals surface area contributed by atoms with Gasteiger partial charge in [-0.15, -0.1) is 0 Å². The van der Waals surface area contributed by atoms with Crippen molar-refractivity contribution in [1.82, 2.24) is 9.80 Å². The molecule has 5 nitrogen and oxygen atoms in total. The van der Waals surface area contributed by atoms with E-state index in [1.54, 1.807) is 22.8 Å². The molecule has 25 heavy (non-hydrogen) atoms. The predicted molar refractivity (Wildman–Crippen MR) is 102 cm³/mol. The lowest BCUT2D eigenvalue weighted by Gasteiger charge is -2.45. The van der Waals surface area contributed by atoms with Gasteiger partial charge >= 0.3 is 6.09 Å². The molecule has 1 saturated heterocycles. The van der Waals surface area contributed by atoms with Crippen LogP contribution >= 0.6 is 27.5 Å². The Morgan fingerprint density at radius 2 is 1.84 bits per heavy atom. The second-order valence-corrected chi connectivity index (χ2v) is 8.72. The van der Waals surface area contributed by atoms with Crippen molar-refractivity contribution in [2.75, 3.05) is 13.1 Å². The third kappa shape index (κ3) is 5.11. The van der Waals surface area contributed by atoms with Gasteiger partial charge in [-0.1, -0.05) is 27.5 Å². The van der Waals surface area contributed by atoms with Crippen LogP contribution < -0.4 is 0 Å². The van der Waals surface area contributed by atoms with Crippen molar-refractivity contribution in [2.45, 2.75) is 52.3 Å². The van der Waals surface area contributed by atoms with Crippen LogP contribution in [-0.4, -0.2) is 46.5 Å². The van der Waals surface area contributed by atoms with E-state index in [0.717, 1.165) is 10.0 Å². The van der Waals surface area contributed by atoms with Crippen LogP contribution in [0.2, 0.25) is 5.02 Å². The number of hydrogen-bond acceptors (Lipinski definition) is 3. The Balaban J connectivity index is 2.34. The Morgan fingerprint density at radius 3 is 2.36 bits per heavy atom. The molecule has 0 bridgehead atoms. The highest BCUT2D eigenvalue weighted by Crippen LogP contribution is 2.32. The number of rotatable bonds is 1. The summed E-state index contributed by atoms with van der Waals surface area (Å²) in [5.41, 5.74) is 0.318. The van der Waals surface area contributed by atoms with Crippen LogP contribution in [0, 0.1) is 0 Å². The zero-order chi connectivity index (χ0) is 18.9. The normalized spacial score (nSPS) is 21.2. The summed E-state index contributed by atoms with van der Waals surface area (Å²) in [5.74, 6) is -0.0308. The molecule has 7 heteroatoms. The summed E-state index contributed by atoms with van der Waals surface area (Å²) in [5, 5.41) is 0.579. The number of benzene rings is 1. The first kappa shape index (κ1) is 20.0. The molecule has 0 aliphatic carbocycles. The second kappa shape index (κ2) is 7.54. The maximum atomic E-state index is 12.6. The monoisotopic (exact) mass is 430 g/mol. The van der Waals surface area contributed by atoms with Gasteiger partial charge in [-0.2, -0.15) is 0 Å². The maximum Gasteiger partial charge on any atom is 0.410 e. The van der Waals surface area contributed by atoms with Crippen LogP contribution in [0.1, 0.15) is 46.2 Å². The van der Waals surface area contributed by atoms with Crippen LogP contribution in [0.5, 0.6) is 0 Å². The van der Waals surface area contributed by atoms with Gasteiger partial charge in [0.05, 0.1) is 6.04 Å². The molecule has 0 spiro atoms. The lowest BCUT2D eigenvalue weighted by molar-refractivity contribution is -0.135. The molecule has 2 unspecified atom stereocenters. The minimum absolute atomic E-state index is 0.0308. The highest BCUT2D eigenvalue weighted by molar-refractivity contribution is 9.10. The van der Waals surface area contributed by atoms with Gasteiger partial charge in [0.1, 0.15) is 5.60 Å². The fourth-order valence-corrected chi connectivity index (χ4v) is 3.84. The summed E-state index contributed by atoms with van der Waals surface area (Å²) in [7, 11) is 0. The number of carbonyl (C=O) groups excluding carboxylic acids is 2. The van der Waals surface area contributed by atoms with Crippen molar-refractivity contribution in [3.05, 3.63) is 33.3 Å². The van der Waals surface area contributed by atoms with Gasteiger partial charge in [0.25, 0.3) is 0 Å². The fourth-order valence-electron chi connectivity index (χ4n) is 2.95. The van der Waals surface area contributed by atoms with E-state index in [0.29, 0.717) is 18.1 Å². The van der Waals surface area contributed by atoms with E-state index in [9.17, 15) is 9.59 Å². The molecular weight excluding hydrogens is 408 g/mol. The highest BCUT2D eigenvalue weighted by Gasteiger charge is 2.38. The largest absolute Gasteiger partial charge is 0.444 e. The Labute approximate surface area is 162 Å². The van der Waals surface area contributed by atoms with Crippen LogP contribution in [0.4, 0.5) is 4.79 Å². The van der Waals surface area contributed by atoms with E-state index in [2.05, 4.69) is 15.9 Å². The highest BCUT2D eigenvalue weighted by atomic mass is 79.9. The third-order valence-corrected chi connectivity index (χ3v) is 4.72. The van der Waals surface area contributed by atoms with Crippen LogP contribution in [0.15, 0.2) is 22.7 Å². The van der Waals surface area contributed by atoms with Crippen LogP contribution in [-0.2, 0) is 9.53 Å². The Bertz CT molecular complexity index is 655. The van der Waals surface area contributed by atoms with E-state index in [4.69, 9.17) is 16.3 Å². The van der Waals surface area contributed by atoms with Crippen molar-refractivity contribution in [3.8, 4) is 0 Å². The number of nitrogens with zero attached hydrogens (tertiary/aromatic N) is 2. The predicted octanol–water partition coefficient (Wildman–Crippen LogP) is 4.63. The summed E-state index contributed by atoms with van der Waals surface area (Å²) in [6.07, 6.45) is -0.366. The summed E-state index contributed by atoms with van der Waals surface area (Å²) >= 11 is 9.61. The SMILES string of the molecule is CC(=O)N1CC(C)N(C(=O)OC(C)(C)C)CC1c1cc(Cl)cc(Br)c1. The summed E-state index contributed by atoms with van der Waals surface area (Å²) in [4.78, 5) is 28.2. The zero-order valence-corrected chi connectivity index (χ0v) is 17.5. The third-order valence-electron chi connectivity index (χ3n) is 4.04. The molecule has 1 heterocycles. The molecule has 2 amide bonds. The topological polar surface area (TPSA) is 49.9 Å². The number of amides is 2. The minimum atomic E-state index is -0.566. The number of carbonyl (C=O) groups is 2. The van der Waals surface area contributed by atoms with Crippen molar-refractivity contribution in [3.63, 3.8) is 0 Å². The van der Waals surface area contributed by atoms with Crippen molar-refractivity contribution >= 4 is 39.5 Å². The van der Waals surface area contributed by atoms with Gasteiger partial charge < -0.3 is 14.5 Å². The van der Waals surface area contributed by atoms with Gasteiger partial charge in [0, 0.05) is 35.6 Å². The number of hydrogen-bond donors (Lipinski definition) is 0. The number of halogens is 2. The minimum Gasteiger partial charge on any atom is -0.444 e. The van der Waals surface area contributed by atoms with E-state index in [1.165, 1.54) is 0 Å². The Hall–Kier alpha value is -1.27. The zero-order valence-electron chi connectivity index (χ0n) is 15.2. The van der Waals surface area contributed by atoms with E-state index in [1.807, 2.05) is 39.8 Å². The smallest absolute Gasteiger partial charge is 0.410 e. The molecule has 1 fully saturated rings. The molecule has 138 valence electrons. The quantitative estimate of drug-likeness (QED) is 0.651. The van der Waals surface area contributed by atoms with Gasteiger partial charge in [0.15, 0.2) is 0 Å². The van der Waals surface area contributed by atoms with Gasteiger partial charge in [-0.05, 0) is 51.5 Å². The van der Waals surface area contributed by atoms with Crippen LogP contribution in [0.25, 0.3) is 0 Å². The molecule has 2 atom stereocenters. The molecule has 1 aliphatic rings. The molecule has 0 N–H and O–H groups in total. The van der Waals surface area contributed by atoms with E-state index < -0.39 is 5.60 Å². The molecule has 2 rings (SSSR count). The first-order chi connectivity index (χ1) is 11.5. The first-order valence-corrected chi connectivity index (χ1v) is 9.38. The molecule has 0 saturated carbocycles. The maximum absolute atomic E-state index is 12.6. The molecule has 0 aromatic heterocycles. The standard InChI is InChI=1S/C18H24BrClN2O3/c1-11-9-22(12(2)23)16(13-6-14(19)8-15(20)7-13)10-21(11)17(24)25-18(3,4)5/h6-8,11,16H,9-10H2,1-5H3. The van der Waals surface area contributed by atoms with Gasteiger partial charge in [-0.25, -0.2) is 4.79 Å². The van der Waals surface area contributed by atoms with E-state index >= 15 is 0 Å². The summed E-state index contributed by atoms with van der Waals surface area (Å²) in [6, 6.07) is 5.15. The molecule has 1 aromatic carbocycles. The average Bonchev–Trinajstić information content (AvgIpc) is 2.43. The van der Waals surface area contributed by atoms with Gasteiger partial charge in [-0.3, -0.25) is 4.79 Å². The number of ether oxygens (including phenoxy) is 1. The molecule has 1 aromatic rings. The lowest BCUT2D eigenvalue weighted by Crippen LogP contribution is -2.57. The second-order valence-electron chi connectivity index (χ2n) is 7.37. The summed E-state index contributed by atoms with van der Waals surface area (Å²) < 4.78 is 6.36. The Morgan fingerprint density at radius 1 is 1.20 bits per heavy atom. The fraction of sp³-hybridized carbons (Fsp3) is 0.556. The number of piperazine rings is 1. The van der Waals surface area contributed by atoms with Crippen molar-refractivity contribution in [1.29, 1.82) is 0 Å². The van der Waals surface area contributed by atoms with Gasteiger partial charge in [0.2, 0.25) is 5.91 Å². The van der Waals surface area contributed by atoms with Crippen LogP contribution in [0.3, 0.4) is 0 Å². The Kier molecular flexibility index (Phi) is 6.05. The molecule has 1 aliphatic heterocycles.